The fourth-order valence-corrected chi connectivity index (χ4v) is 2.71. The van der Waals surface area contributed by atoms with Crippen LogP contribution in [0.2, 0.25) is 0 Å². The monoisotopic (exact) mass is 413 g/mol. The smallest absolute Gasteiger partial charge is 0.343 e. The molecule has 2 aromatic rings. The molecule has 0 aliphatic carbocycles. The van der Waals surface area contributed by atoms with E-state index in [-0.39, 0.29) is 5.56 Å². The van der Waals surface area contributed by atoms with E-state index in [0.717, 1.165) is 12.1 Å². The Bertz CT molecular complexity index is 1130. The van der Waals surface area contributed by atoms with Crippen molar-refractivity contribution in [3.63, 3.8) is 0 Å². The van der Waals surface area contributed by atoms with Crippen LogP contribution in [0, 0.1) is 46.4 Å². The highest BCUT2D eigenvalue weighted by molar-refractivity contribution is 7.86. The van der Waals surface area contributed by atoms with E-state index < -0.39 is 50.0 Å². The van der Waals surface area contributed by atoms with Gasteiger partial charge in [-0.25, -0.2) is 13.6 Å². The van der Waals surface area contributed by atoms with Crippen molar-refractivity contribution in [3.05, 3.63) is 58.7 Å². The van der Waals surface area contributed by atoms with E-state index in [2.05, 4.69) is 20.8 Å². The summed E-state index contributed by atoms with van der Waals surface area (Å²) in [6.45, 7) is 0. The van der Waals surface area contributed by atoms with Crippen molar-refractivity contribution >= 4 is 16.1 Å². The van der Waals surface area contributed by atoms with Gasteiger partial charge < -0.3 is 4.74 Å². The van der Waals surface area contributed by atoms with Crippen LogP contribution in [-0.2, 0) is 14.3 Å². The van der Waals surface area contributed by atoms with Crippen LogP contribution in [0.5, 0.6) is 5.75 Å². The Kier molecular flexibility index (Phi) is 6.03. The second-order valence-corrected chi connectivity index (χ2v) is 6.51. The van der Waals surface area contributed by atoms with Crippen LogP contribution in [0.1, 0.15) is 15.9 Å². The lowest BCUT2D eigenvalue weighted by Crippen LogP contribution is -2.16. The van der Waals surface area contributed by atoms with Crippen LogP contribution in [-0.4, -0.2) is 21.5 Å². The second kappa shape index (κ2) is 8.08. The molecule has 0 saturated carbocycles. The summed E-state index contributed by atoms with van der Waals surface area (Å²) in [7, 11) is -4.59. The van der Waals surface area contributed by atoms with Gasteiger partial charge in [-0.15, -0.1) is 0 Å². The van der Waals surface area contributed by atoms with Crippen molar-refractivity contribution in [2.24, 2.45) is 0 Å². The van der Waals surface area contributed by atoms with Gasteiger partial charge in [0.15, 0.2) is 22.6 Å². The van der Waals surface area contributed by atoms with Gasteiger partial charge in [0.05, 0.1) is 12.7 Å². The van der Waals surface area contributed by atoms with E-state index >= 15 is 0 Å². The number of nitriles is 1. The van der Waals surface area contributed by atoms with E-state index in [1.165, 1.54) is 12.1 Å². The molecule has 0 saturated heterocycles. The molecule has 144 valence electrons. The predicted octanol–water partition coefficient (Wildman–Crippen LogP) is 2.67. The Morgan fingerprint density at radius 3 is 2.00 bits per heavy atom. The standard InChI is InChI=1S/C17H7F4NO5S/c1-26-28(24,25)16-13(20)11(18)15(12(19)14(16)21)27-17(23)10-6-4-9(5-7-10)3-2-8-22/h4-7H,1H3. The van der Waals surface area contributed by atoms with Crippen LogP contribution < -0.4 is 4.74 Å². The third kappa shape index (κ3) is 3.96. The molecule has 0 bridgehead atoms. The van der Waals surface area contributed by atoms with Gasteiger partial charge in [0.2, 0.25) is 17.4 Å². The number of benzene rings is 2. The van der Waals surface area contributed by atoms with Gasteiger partial charge in [-0.1, -0.05) is 5.92 Å². The normalized spacial score (nSPS) is 10.6. The summed E-state index contributed by atoms with van der Waals surface area (Å²) in [5.41, 5.74) is 0.0670. The first-order chi connectivity index (χ1) is 13.1. The molecule has 0 atom stereocenters. The molecule has 6 nitrogen and oxygen atoms in total. The first kappa shape index (κ1) is 20.9. The fourth-order valence-electron chi connectivity index (χ4n) is 1.93. The first-order valence-corrected chi connectivity index (χ1v) is 8.43. The highest BCUT2D eigenvalue weighted by Gasteiger charge is 2.35. The highest BCUT2D eigenvalue weighted by Crippen LogP contribution is 2.33. The van der Waals surface area contributed by atoms with E-state index in [9.17, 15) is 30.8 Å². The fraction of sp³-hybridized carbons (Fsp3) is 0.0588. The van der Waals surface area contributed by atoms with Gasteiger partial charge >= 0.3 is 16.1 Å². The Morgan fingerprint density at radius 1 is 1.00 bits per heavy atom. The quantitative estimate of drug-likeness (QED) is 0.191. The summed E-state index contributed by atoms with van der Waals surface area (Å²) < 4.78 is 87.0. The minimum absolute atomic E-state index is 0.268. The van der Waals surface area contributed by atoms with E-state index in [4.69, 9.17) is 5.26 Å². The summed E-state index contributed by atoms with van der Waals surface area (Å²) in [5, 5.41) is 8.34. The zero-order valence-electron chi connectivity index (χ0n) is 13.7. The van der Waals surface area contributed by atoms with Crippen molar-refractivity contribution in [1.29, 1.82) is 5.26 Å². The Morgan fingerprint density at radius 2 is 1.54 bits per heavy atom. The van der Waals surface area contributed by atoms with Crippen molar-refractivity contribution in [2.45, 2.75) is 4.90 Å². The number of esters is 1. The molecule has 0 radical (unpaired) electrons. The molecule has 2 rings (SSSR count). The summed E-state index contributed by atoms with van der Waals surface area (Å²) in [6.07, 6.45) is 0. The SMILES string of the molecule is COS(=O)(=O)c1c(F)c(F)c(OC(=O)c2ccc(C#CC#N)cc2)c(F)c1F. The van der Waals surface area contributed by atoms with Crippen LogP contribution in [0.15, 0.2) is 29.2 Å². The second-order valence-electron chi connectivity index (χ2n) is 4.86. The molecule has 0 aliphatic rings. The number of nitrogens with zero attached hydrogens (tertiary/aromatic N) is 1. The summed E-state index contributed by atoms with van der Waals surface area (Å²) in [5.74, 6) is -7.73. The van der Waals surface area contributed by atoms with Crippen LogP contribution in [0.4, 0.5) is 17.6 Å². The molecule has 0 fully saturated rings. The maximum atomic E-state index is 14.0. The molecule has 0 N–H and O–H groups in total. The van der Waals surface area contributed by atoms with Crippen molar-refractivity contribution < 1.29 is 39.7 Å². The number of carbonyl (C=O) groups is 1. The average Bonchev–Trinajstić information content (AvgIpc) is 2.68. The molecule has 2 aromatic carbocycles. The van der Waals surface area contributed by atoms with Gasteiger partial charge in [0.25, 0.3) is 0 Å². The minimum Gasteiger partial charge on any atom is -0.416 e. The zero-order valence-corrected chi connectivity index (χ0v) is 14.5. The topological polar surface area (TPSA) is 93.5 Å². The van der Waals surface area contributed by atoms with E-state index in [1.54, 1.807) is 6.07 Å². The first-order valence-electron chi connectivity index (χ1n) is 7.03. The summed E-state index contributed by atoms with van der Waals surface area (Å²) in [4.78, 5) is 9.98. The largest absolute Gasteiger partial charge is 0.416 e. The van der Waals surface area contributed by atoms with Crippen LogP contribution in [0.3, 0.4) is 0 Å². The maximum absolute atomic E-state index is 14.0. The number of halogens is 4. The van der Waals surface area contributed by atoms with Gasteiger partial charge in [-0.05, 0) is 24.3 Å². The van der Waals surface area contributed by atoms with E-state index in [1.807, 2.05) is 0 Å². The molecule has 0 aromatic heterocycles. The number of rotatable bonds is 4. The molecule has 0 spiro atoms. The minimum atomic E-state index is -5.12. The highest BCUT2D eigenvalue weighted by atomic mass is 32.2. The van der Waals surface area contributed by atoms with Gasteiger partial charge in [0.1, 0.15) is 0 Å². The lowest BCUT2D eigenvalue weighted by molar-refractivity contribution is 0.0716. The molecule has 0 unspecified atom stereocenters. The molecule has 0 heterocycles. The van der Waals surface area contributed by atoms with Gasteiger partial charge in [0, 0.05) is 11.5 Å². The van der Waals surface area contributed by atoms with Gasteiger partial charge in [-0.2, -0.15) is 22.5 Å². The third-order valence-electron chi connectivity index (χ3n) is 3.23. The van der Waals surface area contributed by atoms with Crippen molar-refractivity contribution in [2.75, 3.05) is 7.11 Å². The molecule has 28 heavy (non-hydrogen) atoms. The van der Waals surface area contributed by atoms with Gasteiger partial charge in [-0.3, -0.25) is 4.18 Å². The molecular formula is C17H7F4NO5S. The molecule has 0 aliphatic heterocycles. The molecule has 11 heteroatoms. The van der Waals surface area contributed by atoms with Crippen LogP contribution in [0.25, 0.3) is 0 Å². The number of ether oxygens (including phenoxy) is 1. The maximum Gasteiger partial charge on any atom is 0.343 e. The lowest BCUT2D eigenvalue weighted by atomic mass is 10.1. The van der Waals surface area contributed by atoms with Crippen LogP contribution >= 0.6 is 0 Å². The number of hydrogen-bond donors (Lipinski definition) is 0. The Hall–Kier alpha value is -3.41. The molecular weight excluding hydrogens is 406 g/mol. The Labute approximate surface area is 156 Å². The average molecular weight is 413 g/mol. The van der Waals surface area contributed by atoms with Crippen molar-refractivity contribution in [1.82, 2.24) is 0 Å². The molecule has 0 amide bonds. The summed E-state index contributed by atoms with van der Waals surface area (Å²) in [6, 6.07) is 6.37. The van der Waals surface area contributed by atoms with Crippen molar-refractivity contribution in [3.8, 4) is 23.7 Å². The Balaban J connectivity index is 2.44. The third-order valence-corrected chi connectivity index (χ3v) is 4.53. The number of carbonyl (C=O) groups excluding carboxylic acids is 1. The zero-order chi connectivity index (χ0) is 21.1. The predicted molar refractivity (Wildman–Crippen MR) is 84.4 cm³/mol. The lowest BCUT2D eigenvalue weighted by Gasteiger charge is -2.11. The van der Waals surface area contributed by atoms with E-state index in [0.29, 0.717) is 12.7 Å². The summed E-state index contributed by atoms with van der Waals surface area (Å²) >= 11 is 0. The number of hydrogen-bond acceptors (Lipinski definition) is 6.